The number of alkyl halides is 3. The average Bonchev–Trinajstić information content (AvgIpc) is 3.38. The van der Waals surface area contributed by atoms with Gasteiger partial charge in [-0.15, -0.1) is 0 Å². The second kappa shape index (κ2) is 12.1. The number of benzene rings is 2. The third-order valence-corrected chi connectivity index (χ3v) is 6.21. The highest BCUT2D eigenvalue weighted by Crippen LogP contribution is 2.35. The number of rotatable bonds is 7. The van der Waals surface area contributed by atoms with E-state index in [-0.39, 0.29) is 0 Å². The first kappa shape index (κ1) is 27.3. The number of aromatic amines is 1. The van der Waals surface area contributed by atoms with Crippen molar-refractivity contribution in [2.24, 2.45) is 5.41 Å². The second-order valence-electron chi connectivity index (χ2n) is 9.59. The number of carbonyl (C=O) groups is 1. The Morgan fingerprint density at radius 1 is 1.11 bits per heavy atom. The average molecular weight is 504 g/mol. The zero-order valence-electron chi connectivity index (χ0n) is 20.4. The van der Waals surface area contributed by atoms with Crippen LogP contribution in [-0.4, -0.2) is 46.4 Å². The van der Waals surface area contributed by atoms with E-state index in [0.29, 0.717) is 18.1 Å². The minimum absolute atomic E-state index is 0.522. The first-order chi connectivity index (χ1) is 17.0. The molecule has 0 unspecified atom stereocenters. The number of imidazole rings is 1. The molecule has 0 atom stereocenters. The molecule has 194 valence electrons. The Kier molecular flexibility index (Phi) is 9.14. The molecule has 6 nitrogen and oxygen atoms in total. The molecule has 9 heteroatoms. The lowest BCUT2D eigenvalue weighted by atomic mass is 9.75. The number of halogens is 3. The molecule has 0 amide bonds. The van der Waals surface area contributed by atoms with Gasteiger partial charge in [-0.2, -0.15) is 13.2 Å². The number of hydrogen-bond donors (Lipinski definition) is 3. The van der Waals surface area contributed by atoms with E-state index in [9.17, 15) is 13.2 Å². The zero-order valence-corrected chi connectivity index (χ0v) is 20.4. The summed E-state index contributed by atoms with van der Waals surface area (Å²) in [5.74, 6) is -0.948. The Bertz CT molecular complexity index is 1090. The molecule has 0 bridgehead atoms. The van der Waals surface area contributed by atoms with E-state index in [2.05, 4.69) is 77.7 Å². The van der Waals surface area contributed by atoms with E-state index in [1.807, 2.05) is 6.20 Å². The predicted octanol–water partition coefficient (Wildman–Crippen LogP) is 6.31. The van der Waals surface area contributed by atoms with Crippen molar-refractivity contribution in [3.63, 3.8) is 0 Å². The highest BCUT2D eigenvalue weighted by molar-refractivity contribution is 5.73. The fourth-order valence-electron chi connectivity index (χ4n) is 4.05. The molecular formula is C27H32F3N3O3. The summed E-state index contributed by atoms with van der Waals surface area (Å²) < 4.78 is 37.7. The van der Waals surface area contributed by atoms with Crippen molar-refractivity contribution < 1.29 is 27.8 Å². The van der Waals surface area contributed by atoms with E-state index < -0.39 is 12.1 Å². The predicted molar refractivity (Wildman–Crippen MR) is 133 cm³/mol. The van der Waals surface area contributed by atoms with Crippen LogP contribution in [0.25, 0.3) is 22.5 Å². The highest BCUT2D eigenvalue weighted by atomic mass is 19.4. The van der Waals surface area contributed by atoms with E-state index in [1.165, 1.54) is 36.8 Å². The monoisotopic (exact) mass is 503 g/mol. The molecule has 0 aliphatic heterocycles. The third-order valence-electron chi connectivity index (χ3n) is 6.21. The number of nitrogens with zero attached hydrogens (tertiary/aromatic N) is 1. The van der Waals surface area contributed by atoms with E-state index in [1.54, 1.807) is 6.20 Å². The van der Waals surface area contributed by atoms with Gasteiger partial charge in [0, 0.05) is 30.5 Å². The Balaban J connectivity index is 0.000000454. The van der Waals surface area contributed by atoms with Crippen molar-refractivity contribution in [2.75, 3.05) is 13.2 Å². The summed E-state index contributed by atoms with van der Waals surface area (Å²) in [6.45, 7) is 6.36. The van der Waals surface area contributed by atoms with Gasteiger partial charge >= 0.3 is 12.1 Å². The van der Waals surface area contributed by atoms with Gasteiger partial charge in [-0.05, 0) is 60.4 Å². The molecule has 1 heterocycles. The van der Waals surface area contributed by atoms with Crippen molar-refractivity contribution in [2.45, 2.75) is 51.7 Å². The van der Waals surface area contributed by atoms with Crippen molar-refractivity contribution in [3.05, 3.63) is 60.9 Å². The van der Waals surface area contributed by atoms with Gasteiger partial charge in [0.1, 0.15) is 18.2 Å². The molecule has 1 saturated carbocycles. The Hall–Kier alpha value is -3.33. The molecule has 0 saturated heterocycles. The van der Waals surface area contributed by atoms with Gasteiger partial charge in [-0.25, -0.2) is 9.78 Å². The smallest absolute Gasteiger partial charge is 0.490 e. The number of ether oxygens (including phenoxy) is 1. The molecule has 3 aromatic rings. The normalized spacial score (nSPS) is 15.6. The van der Waals surface area contributed by atoms with Crippen LogP contribution in [0.5, 0.6) is 5.75 Å². The number of carboxylic acid groups (broad SMARTS) is 1. The fraction of sp³-hybridized carbons (Fsp3) is 0.407. The van der Waals surface area contributed by atoms with Gasteiger partial charge in [0.15, 0.2) is 0 Å². The minimum Gasteiger partial charge on any atom is -0.492 e. The lowest BCUT2D eigenvalue weighted by Crippen LogP contribution is -2.37. The second-order valence-corrected chi connectivity index (χ2v) is 9.59. The van der Waals surface area contributed by atoms with Crippen LogP contribution in [0, 0.1) is 5.41 Å². The van der Waals surface area contributed by atoms with Gasteiger partial charge in [0.25, 0.3) is 0 Å². The summed E-state index contributed by atoms with van der Waals surface area (Å²) in [6, 6.07) is 17.4. The summed E-state index contributed by atoms with van der Waals surface area (Å²) in [7, 11) is 0. The quantitative estimate of drug-likeness (QED) is 0.329. The van der Waals surface area contributed by atoms with Crippen LogP contribution in [0.15, 0.2) is 60.9 Å². The summed E-state index contributed by atoms with van der Waals surface area (Å²) >= 11 is 0. The first-order valence-corrected chi connectivity index (χ1v) is 11.9. The van der Waals surface area contributed by atoms with Gasteiger partial charge in [0.05, 0.1) is 0 Å². The first-order valence-electron chi connectivity index (χ1n) is 11.9. The van der Waals surface area contributed by atoms with Crippen molar-refractivity contribution in [1.29, 1.82) is 0 Å². The van der Waals surface area contributed by atoms with Crippen LogP contribution >= 0.6 is 0 Å². The number of aliphatic carboxylic acids is 1. The Labute approximate surface area is 208 Å². The molecule has 4 rings (SSSR count). The van der Waals surface area contributed by atoms with E-state index in [0.717, 1.165) is 23.7 Å². The molecule has 1 aliphatic rings. The SMILES string of the molecule is CC1(C)CCC(NCCOc2ccc(-c3cccc(-c4ncc[nH]4)c3)cc2)CC1.O=C(O)C(F)(F)F. The number of nitrogens with one attached hydrogen (secondary N) is 2. The van der Waals surface area contributed by atoms with Crippen molar-refractivity contribution in [1.82, 2.24) is 15.3 Å². The van der Waals surface area contributed by atoms with Gasteiger partial charge in [-0.1, -0.05) is 44.2 Å². The molecular weight excluding hydrogens is 471 g/mol. The van der Waals surface area contributed by atoms with Crippen LogP contribution in [0.2, 0.25) is 0 Å². The van der Waals surface area contributed by atoms with Crippen LogP contribution < -0.4 is 10.1 Å². The van der Waals surface area contributed by atoms with E-state index >= 15 is 0 Å². The van der Waals surface area contributed by atoms with Gasteiger partial charge in [-0.3, -0.25) is 0 Å². The van der Waals surface area contributed by atoms with Crippen LogP contribution in [0.3, 0.4) is 0 Å². The molecule has 1 aromatic heterocycles. The maximum Gasteiger partial charge on any atom is 0.490 e. The Morgan fingerprint density at radius 3 is 2.33 bits per heavy atom. The van der Waals surface area contributed by atoms with Crippen LogP contribution in [0.4, 0.5) is 13.2 Å². The number of carboxylic acids is 1. The summed E-state index contributed by atoms with van der Waals surface area (Å²) in [5, 5.41) is 10.8. The molecule has 2 aromatic carbocycles. The molecule has 3 N–H and O–H groups in total. The maximum absolute atomic E-state index is 10.6. The Morgan fingerprint density at radius 2 is 1.75 bits per heavy atom. The zero-order chi connectivity index (χ0) is 26.2. The summed E-state index contributed by atoms with van der Waals surface area (Å²) in [6.07, 6.45) is 3.72. The van der Waals surface area contributed by atoms with Gasteiger partial charge < -0.3 is 20.1 Å². The highest BCUT2D eigenvalue weighted by Gasteiger charge is 2.38. The lowest BCUT2D eigenvalue weighted by molar-refractivity contribution is -0.192. The van der Waals surface area contributed by atoms with Crippen LogP contribution in [-0.2, 0) is 4.79 Å². The fourth-order valence-corrected chi connectivity index (χ4v) is 4.05. The minimum atomic E-state index is -5.08. The number of H-pyrrole nitrogens is 1. The van der Waals surface area contributed by atoms with Gasteiger partial charge in [0.2, 0.25) is 0 Å². The van der Waals surface area contributed by atoms with E-state index in [4.69, 9.17) is 14.6 Å². The standard InChI is InChI=1S/C25H31N3O.C2HF3O2/c1-25(2)12-10-22(11-13-25)26-16-17-29-23-8-6-19(7-9-23)20-4-3-5-21(18-20)24-27-14-15-28-24;3-2(4,5)1(6)7/h3-9,14-15,18,22,26H,10-13,16-17H2,1-2H3,(H,27,28);(H,6,7). The number of aromatic nitrogens is 2. The maximum atomic E-state index is 10.6. The summed E-state index contributed by atoms with van der Waals surface area (Å²) in [4.78, 5) is 16.4. The summed E-state index contributed by atoms with van der Waals surface area (Å²) in [5.41, 5.74) is 3.96. The van der Waals surface area contributed by atoms with Crippen LogP contribution in [0.1, 0.15) is 39.5 Å². The number of hydrogen-bond acceptors (Lipinski definition) is 4. The van der Waals surface area contributed by atoms with Crippen molar-refractivity contribution >= 4 is 5.97 Å². The molecule has 36 heavy (non-hydrogen) atoms. The largest absolute Gasteiger partial charge is 0.492 e. The molecule has 0 spiro atoms. The molecule has 1 aliphatic carbocycles. The lowest BCUT2D eigenvalue weighted by Gasteiger charge is -2.34. The molecule has 1 fully saturated rings. The topological polar surface area (TPSA) is 87.2 Å². The molecule has 0 radical (unpaired) electrons. The third kappa shape index (κ3) is 8.41. The van der Waals surface area contributed by atoms with Crippen molar-refractivity contribution in [3.8, 4) is 28.3 Å².